The van der Waals surface area contributed by atoms with Gasteiger partial charge < -0.3 is 28.6 Å². The number of benzene rings is 3. The van der Waals surface area contributed by atoms with Crippen molar-refractivity contribution in [1.82, 2.24) is 9.47 Å². The van der Waals surface area contributed by atoms with E-state index in [4.69, 9.17) is 26.4 Å². The molecule has 3 aromatic carbocycles. The molecule has 0 aliphatic carbocycles. The van der Waals surface area contributed by atoms with E-state index in [-0.39, 0.29) is 28.4 Å². The van der Waals surface area contributed by atoms with Gasteiger partial charge in [0.2, 0.25) is 5.43 Å². The number of hydrogen-bond donors (Lipinski definition) is 0. The zero-order valence-corrected chi connectivity index (χ0v) is 24.8. The van der Waals surface area contributed by atoms with Gasteiger partial charge in [-0.3, -0.25) is 9.59 Å². The molecule has 0 radical (unpaired) electrons. The molecule has 0 aliphatic rings. The number of ether oxygens (including phenoxy) is 3. The maximum absolute atomic E-state index is 14.1. The fraction of sp³-hybridized carbons (Fsp3) is 0.258. The molecule has 0 saturated carbocycles. The molecule has 1 aromatic heterocycles. The highest BCUT2D eigenvalue weighted by Crippen LogP contribution is 2.30. The van der Waals surface area contributed by atoms with E-state index in [0.717, 1.165) is 17.0 Å². The molecule has 220 valence electrons. The van der Waals surface area contributed by atoms with Gasteiger partial charge in [-0.1, -0.05) is 0 Å². The highest BCUT2D eigenvalue weighted by atomic mass is 32.1. The van der Waals surface area contributed by atoms with Crippen molar-refractivity contribution in [3.63, 3.8) is 0 Å². The zero-order chi connectivity index (χ0) is 30.6. The lowest BCUT2D eigenvalue weighted by Gasteiger charge is -2.23. The smallest absolute Gasteiger partial charge is 0.264 e. The summed E-state index contributed by atoms with van der Waals surface area (Å²) in [7, 11) is 3.49. The predicted octanol–water partition coefficient (Wildman–Crippen LogP) is 5.96. The van der Waals surface area contributed by atoms with Crippen molar-refractivity contribution in [2.45, 2.75) is 20.8 Å². The number of aromatic nitrogens is 1. The van der Waals surface area contributed by atoms with Crippen LogP contribution in [0.15, 0.2) is 65.6 Å². The number of amides is 1. The maximum atomic E-state index is 14.1. The molecule has 0 fully saturated rings. The summed E-state index contributed by atoms with van der Waals surface area (Å²) in [5.41, 5.74) is 0.187. The van der Waals surface area contributed by atoms with E-state index >= 15 is 0 Å². The lowest BCUT2D eigenvalue weighted by molar-refractivity contribution is 0.0987. The molecule has 0 unspecified atom stereocenters. The molecule has 0 bridgehead atoms. The van der Waals surface area contributed by atoms with E-state index < -0.39 is 23.0 Å². The Labute approximate surface area is 247 Å². The summed E-state index contributed by atoms with van der Waals surface area (Å²) >= 11 is 5.29. The molecule has 0 N–H and O–H groups in total. The number of rotatable bonds is 9. The second-order valence-electron chi connectivity index (χ2n) is 9.39. The van der Waals surface area contributed by atoms with Crippen molar-refractivity contribution in [1.29, 1.82) is 0 Å². The van der Waals surface area contributed by atoms with Gasteiger partial charge in [-0.05, 0) is 57.3 Å². The summed E-state index contributed by atoms with van der Waals surface area (Å²) in [6.07, 6.45) is 1.40. The van der Waals surface area contributed by atoms with Crippen LogP contribution in [0.3, 0.4) is 0 Å². The molecule has 4 rings (SSSR count). The molecule has 0 aliphatic heterocycles. The SMILES string of the molecule is CCOc1cc(OCC)cc(-n2cc(C(=O)N(CC)c3cc(F)cc(F)c3)c(=O)c3ccc(OC(=S)N(C)C)cc32)c1. The minimum absolute atomic E-state index is 0.0102. The number of carbonyl (C=O) groups excluding carboxylic acids is 1. The first-order valence-electron chi connectivity index (χ1n) is 13.3. The Morgan fingerprint density at radius 3 is 2.05 bits per heavy atom. The maximum Gasteiger partial charge on any atom is 0.264 e. The number of carbonyl (C=O) groups is 1. The first-order chi connectivity index (χ1) is 20.1. The third-order valence-corrected chi connectivity index (χ3v) is 6.71. The van der Waals surface area contributed by atoms with Crippen LogP contribution in [0.1, 0.15) is 31.1 Å². The van der Waals surface area contributed by atoms with Crippen LogP contribution < -0.4 is 24.5 Å². The van der Waals surface area contributed by atoms with Crippen LogP contribution >= 0.6 is 12.2 Å². The second-order valence-corrected chi connectivity index (χ2v) is 9.74. The van der Waals surface area contributed by atoms with Crippen LogP contribution in [-0.4, -0.2) is 54.4 Å². The van der Waals surface area contributed by atoms with Crippen LogP contribution in [0.4, 0.5) is 14.5 Å². The van der Waals surface area contributed by atoms with E-state index in [1.807, 2.05) is 13.8 Å². The van der Waals surface area contributed by atoms with Crippen LogP contribution in [0.5, 0.6) is 17.2 Å². The van der Waals surface area contributed by atoms with Crippen LogP contribution in [0, 0.1) is 11.6 Å². The highest BCUT2D eigenvalue weighted by molar-refractivity contribution is 7.80. The Bertz CT molecular complexity index is 1660. The van der Waals surface area contributed by atoms with Gasteiger partial charge in [0.1, 0.15) is 34.4 Å². The lowest BCUT2D eigenvalue weighted by atomic mass is 10.1. The van der Waals surface area contributed by atoms with Crippen molar-refractivity contribution in [3.05, 3.63) is 88.2 Å². The van der Waals surface area contributed by atoms with Gasteiger partial charge in [-0.15, -0.1) is 0 Å². The van der Waals surface area contributed by atoms with Crippen LogP contribution in [-0.2, 0) is 0 Å². The first-order valence-corrected chi connectivity index (χ1v) is 13.7. The fourth-order valence-corrected chi connectivity index (χ4v) is 4.50. The number of hydrogen-bond acceptors (Lipinski definition) is 6. The molecule has 0 saturated heterocycles. The third kappa shape index (κ3) is 6.52. The van der Waals surface area contributed by atoms with Gasteiger partial charge in [-0.2, -0.15) is 0 Å². The molecular formula is C31H31F2N3O5S. The second kappa shape index (κ2) is 13.0. The lowest BCUT2D eigenvalue weighted by Crippen LogP contribution is -2.35. The summed E-state index contributed by atoms with van der Waals surface area (Å²) in [5, 5.41) is 0.429. The van der Waals surface area contributed by atoms with Crippen molar-refractivity contribution in [2.24, 2.45) is 0 Å². The largest absolute Gasteiger partial charge is 0.494 e. The molecular weight excluding hydrogens is 564 g/mol. The summed E-state index contributed by atoms with van der Waals surface area (Å²) in [4.78, 5) is 30.4. The number of thiocarbonyl (C=S) groups is 1. The van der Waals surface area contributed by atoms with Crippen molar-refractivity contribution >= 4 is 39.9 Å². The van der Waals surface area contributed by atoms with Gasteiger partial charge in [0.05, 0.1) is 24.4 Å². The quantitative estimate of drug-likeness (QED) is 0.221. The third-order valence-electron chi connectivity index (χ3n) is 6.26. The molecule has 8 nitrogen and oxygen atoms in total. The van der Waals surface area contributed by atoms with E-state index in [2.05, 4.69) is 0 Å². The molecule has 42 heavy (non-hydrogen) atoms. The topological polar surface area (TPSA) is 73.2 Å². The number of anilines is 1. The Hall–Kier alpha value is -4.51. The van der Waals surface area contributed by atoms with E-state index in [1.165, 1.54) is 6.20 Å². The van der Waals surface area contributed by atoms with E-state index in [9.17, 15) is 18.4 Å². The average Bonchev–Trinajstić information content (AvgIpc) is 2.93. The number of pyridine rings is 1. The first kappa shape index (κ1) is 30.4. The summed E-state index contributed by atoms with van der Waals surface area (Å²) < 4.78 is 47.1. The number of halogens is 2. The van der Waals surface area contributed by atoms with Crippen molar-refractivity contribution < 1.29 is 27.8 Å². The van der Waals surface area contributed by atoms with Gasteiger partial charge in [0.25, 0.3) is 11.1 Å². The Morgan fingerprint density at radius 1 is 0.881 bits per heavy atom. The molecule has 0 atom stereocenters. The van der Waals surface area contributed by atoms with E-state index in [1.54, 1.807) is 66.9 Å². The van der Waals surface area contributed by atoms with E-state index in [0.29, 0.717) is 47.7 Å². The Balaban J connectivity index is 1.98. The van der Waals surface area contributed by atoms with Gasteiger partial charge >= 0.3 is 0 Å². The van der Waals surface area contributed by atoms with Crippen molar-refractivity contribution in [2.75, 3.05) is 38.8 Å². The van der Waals surface area contributed by atoms with Crippen LogP contribution in [0.2, 0.25) is 0 Å². The minimum atomic E-state index is -0.841. The van der Waals surface area contributed by atoms with Crippen molar-refractivity contribution in [3.8, 4) is 22.9 Å². The number of nitrogens with zero attached hydrogens (tertiary/aromatic N) is 3. The normalized spacial score (nSPS) is 10.8. The molecule has 1 heterocycles. The fourth-order valence-electron chi connectivity index (χ4n) is 4.41. The predicted molar refractivity (Wildman–Crippen MR) is 163 cm³/mol. The summed E-state index contributed by atoms with van der Waals surface area (Å²) in [6.45, 7) is 6.22. The molecule has 4 aromatic rings. The molecule has 1 amide bonds. The molecule has 11 heteroatoms. The summed E-state index contributed by atoms with van der Waals surface area (Å²) in [5.74, 6) is -0.985. The standard InChI is InChI=1S/C31H31F2N3O5S/c1-6-35(21-12-19(32)11-20(33)13-21)30(38)27-18-36(22-14-24(39-7-2)16-25(15-22)40-8-3)28-17-23(41-31(42)34(4)5)9-10-26(28)29(27)37/h9-18H,6-8H2,1-5H3. The Kier molecular flexibility index (Phi) is 9.41. The average molecular weight is 596 g/mol. The van der Waals surface area contributed by atoms with Gasteiger partial charge in [-0.25, -0.2) is 8.78 Å². The minimum Gasteiger partial charge on any atom is -0.494 e. The van der Waals surface area contributed by atoms with Gasteiger partial charge in [0, 0.05) is 68.2 Å². The number of fused-ring (bicyclic) bond motifs is 1. The van der Waals surface area contributed by atoms with Crippen LogP contribution in [0.25, 0.3) is 16.6 Å². The summed E-state index contributed by atoms with van der Waals surface area (Å²) in [6, 6.07) is 12.8. The van der Waals surface area contributed by atoms with Gasteiger partial charge in [0.15, 0.2) is 0 Å². The highest BCUT2D eigenvalue weighted by Gasteiger charge is 2.24. The Morgan fingerprint density at radius 2 is 1.50 bits per heavy atom. The zero-order valence-electron chi connectivity index (χ0n) is 23.9. The molecule has 0 spiro atoms. The monoisotopic (exact) mass is 595 g/mol.